The van der Waals surface area contributed by atoms with Gasteiger partial charge in [0, 0.05) is 11.9 Å². The van der Waals surface area contributed by atoms with Gasteiger partial charge in [0.1, 0.15) is 6.33 Å². The molecule has 0 fully saturated rings. The van der Waals surface area contributed by atoms with Crippen LogP contribution in [0.2, 0.25) is 0 Å². The number of hydrogen-bond donors (Lipinski definition) is 2. The summed E-state index contributed by atoms with van der Waals surface area (Å²) in [7, 11) is -3.73. The molecule has 0 aliphatic heterocycles. The van der Waals surface area contributed by atoms with Crippen molar-refractivity contribution in [1.29, 1.82) is 0 Å². The number of hydrogen-bond acceptors (Lipinski definition) is 4. The molecule has 2 rings (SSSR count). The highest BCUT2D eigenvalue weighted by Crippen LogP contribution is 2.13. The molecule has 0 bridgehead atoms. The maximum Gasteiger partial charge on any atom is 0.356 e. The first-order chi connectivity index (χ1) is 8.38. The van der Waals surface area contributed by atoms with Crippen LogP contribution in [-0.4, -0.2) is 29.0 Å². The molecule has 0 atom stereocenters. The molecular formula is C10H9N3O4S. The van der Waals surface area contributed by atoms with Gasteiger partial charge in [0.15, 0.2) is 5.69 Å². The van der Waals surface area contributed by atoms with Crippen molar-refractivity contribution >= 4 is 16.0 Å². The summed E-state index contributed by atoms with van der Waals surface area (Å²) in [6, 6.07) is 5.69. The number of sulfonamides is 1. The van der Waals surface area contributed by atoms with E-state index in [9.17, 15) is 13.2 Å². The molecule has 1 aromatic carbocycles. The first kappa shape index (κ1) is 12.3. The molecule has 8 heteroatoms. The molecule has 94 valence electrons. The van der Waals surface area contributed by atoms with E-state index in [4.69, 9.17) is 10.2 Å². The number of primary sulfonamides is 1. The number of aromatic nitrogens is 2. The van der Waals surface area contributed by atoms with Gasteiger partial charge in [-0.25, -0.2) is 23.3 Å². The van der Waals surface area contributed by atoms with Crippen molar-refractivity contribution < 1.29 is 18.3 Å². The Labute approximate surface area is 103 Å². The van der Waals surface area contributed by atoms with Gasteiger partial charge in [0.2, 0.25) is 10.0 Å². The predicted molar refractivity (Wildman–Crippen MR) is 61.9 cm³/mol. The minimum absolute atomic E-state index is 0.00942. The number of benzene rings is 1. The first-order valence-corrected chi connectivity index (χ1v) is 6.33. The molecule has 0 spiro atoms. The van der Waals surface area contributed by atoms with Gasteiger partial charge in [0.25, 0.3) is 0 Å². The molecular weight excluding hydrogens is 258 g/mol. The standard InChI is InChI=1S/C10H9N3O4S/c11-18(16,17)8-3-1-7(2-4-8)13-5-9(10(14)15)12-6-13/h1-6H,(H,14,15)(H2,11,16,17). The van der Waals surface area contributed by atoms with Gasteiger partial charge in [-0.3, -0.25) is 0 Å². The lowest BCUT2D eigenvalue weighted by Gasteiger charge is -2.02. The quantitative estimate of drug-likeness (QED) is 0.825. The number of nitrogens with two attached hydrogens (primary N) is 1. The van der Waals surface area contributed by atoms with Crippen LogP contribution in [0, 0.1) is 0 Å². The van der Waals surface area contributed by atoms with Crippen molar-refractivity contribution in [2.75, 3.05) is 0 Å². The smallest absolute Gasteiger partial charge is 0.356 e. The average Bonchev–Trinajstić information content (AvgIpc) is 2.77. The number of nitrogens with zero attached hydrogens (tertiary/aromatic N) is 2. The molecule has 18 heavy (non-hydrogen) atoms. The fourth-order valence-electron chi connectivity index (χ4n) is 1.38. The maximum absolute atomic E-state index is 11.1. The molecule has 0 unspecified atom stereocenters. The van der Waals surface area contributed by atoms with Crippen molar-refractivity contribution in [3.8, 4) is 5.69 Å². The van der Waals surface area contributed by atoms with Crippen molar-refractivity contribution in [2.24, 2.45) is 5.14 Å². The summed E-state index contributed by atoms with van der Waals surface area (Å²) >= 11 is 0. The molecule has 1 aromatic heterocycles. The van der Waals surface area contributed by atoms with Crippen molar-refractivity contribution in [1.82, 2.24) is 9.55 Å². The summed E-state index contributed by atoms with van der Waals surface area (Å²) in [5.74, 6) is -1.13. The SMILES string of the molecule is NS(=O)(=O)c1ccc(-n2cnc(C(=O)O)c2)cc1. The third kappa shape index (κ3) is 2.39. The Morgan fingerprint density at radius 3 is 2.33 bits per heavy atom. The molecule has 7 nitrogen and oxygen atoms in total. The second-order valence-corrected chi connectivity index (χ2v) is 5.07. The van der Waals surface area contributed by atoms with E-state index in [1.54, 1.807) is 0 Å². The topological polar surface area (TPSA) is 115 Å². The lowest BCUT2D eigenvalue weighted by Crippen LogP contribution is -2.11. The highest BCUT2D eigenvalue weighted by atomic mass is 32.2. The van der Waals surface area contributed by atoms with E-state index in [2.05, 4.69) is 4.98 Å². The van der Waals surface area contributed by atoms with E-state index in [-0.39, 0.29) is 10.6 Å². The summed E-state index contributed by atoms with van der Waals surface area (Å²) in [5.41, 5.74) is 0.493. The molecule has 0 aliphatic carbocycles. The Balaban J connectivity index is 2.37. The molecule has 0 aliphatic rings. The van der Waals surface area contributed by atoms with Gasteiger partial charge in [0.05, 0.1) is 4.90 Å². The highest BCUT2D eigenvalue weighted by molar-refractivity contribution is 7.89. The first-order valence-electron chi connectivity index (χ1n) is 4.78. The van der Waals surface area contributed by atoms with Gasteiger partial charge in [-0.05, 0) is 24.3 Å². The van der Waals surface area contributed by atoms with Gasteiger partial charge in [-0.15, -0.1) is 0 Å². The summed E-state index contributed by atoms with van der Waals surface area (Å²) in [6.07, 6.45) is 2.66. The summed E-state index contributed by atoms with van der Waals surface area (Å²) in [6.45, 7) is 0. The Hall–Kier alpha value is -2.19. The number of rotatable bonds is 3. The highest BCUT2D eigenvalue weighted by Gasteiger charge is 2.09. The molecule has 0 saturated carbocycles. The normalized spacial score (nSPS) is 11.4. The van der Waals surface area contributed by atoms with Crippen LogP contribution in [0.3, 0.4) is 0 Å². The van der Waals surface area contributed by atoms with Crippen LogP contribution in [0.25, 0.3) is 5.69 Å². The Morgan fingerprint density at radius 2 is 1.89 bits per heavy atom. The lowest BCUT2D eigenvalue weighted by molar-refractivity contribution is 0.0691. The molecule has 0 amide bonds. The zero-order chi connectivity index (χ0) is 13.3. The fraction of sp³-hybridized carbons (Fsp3) is 0. The summed E-state index contributed by atoms with van der Waals surface area (Å²) in [4.78, 5) is 14.3. The monoisotopic (exact) mass is 267 g/mol. The molecule has 2 aromatic rings. The third-order valence-electron chi connectivity index (χ3n) is 2.27. The molecule has 0 saturated heterocycles. The third-order valence-corrected chi connectivity index (χ3v) is 3.19. The van der Waals surface area contributed by atoms with Crippen LogP contribution < -0.4 is 5.14 Å². The van der Waals surface area contributed by atoms with Crippen LogP contribution in [-0.2, 0) is 10.0 Å². The summed E-state index contributed by atoms with van der Waals surface area (Å²) < 4.78 is 23.6. The Bertz CT molecular complexity index is 688. The second kappa shape index (κ2) is 4.24. The van der Waals surface area contributed by atoms with E-state index in [1.165, 1.54) is 41.4 Å². The van der Waals surface area contributed by atoms with Crippen LogP contribution in [0.4, 0.5) is 0 Å². The second-order valence-electron chi connectivity index (χ2n) is 3.51. The lowest BCUT2D eigenvalue weighted by atomic mass is 10.3. The van der Waals surface area contributed by atoms with Crippen LogP contribution in [0.1, 0.15) is 10.5 Å². The predicted octanol–water partition coefficient (Wildman–Crippen LogP) is 0.218. The van der Waals surface area contributed by atoms with Crippen LogP contribution >= 0.6 is 0 Å². The van der Waals surface area contributed by atoms with Crippen molar-refractivity contribution in [2.45, 2.75) is 4.90 Å². The van der Waals surface area contributed by atoms with Crippen LogP contribution in [0.5, 0.6) is 0 Å². The number of carbonyl (C=O) groups is 1. The minimum atomic E-state index is -3.73. The average molecular weight is 267 g/mol. The van der Waals surface area contributed by atoms with E-state index < -0.39 is 16.0 Å². The van der Waals surface area contributed by atoms with E-state index in [0.29, 0.717) is 5.69 Å². The van der Waals surface area contributed by atoms with Gasteiger partial charge >= 0.3 is 5.97 Å². The Morgan fingerprint density at radius 1 is 1.28 bits per heavy atom. The molecule has 3 N–H and O–H groups in total. The van der Waals surface area contributed by atoms with E-state index >= 15 is 0 Å². The summed E-state index contributed by atoms with van der Waals surface area (Å²) in [5, 5.41) is 13.7. The largest absolute Gasteiger partial charge is 0.476 e. The Kier molecular flexibility index (Phi) is 2.89. The number of aromatic carboxylic acids is 1. The maximum atomic E-state index is 11.1. The van der Waals surface area contributed by atoms with E-state index in [1.807, 2.05) is 0 Å². The zero-order valence-corrected chi connectivity index (χ0v) is 9.83. The number of imidazole rings is 1. The number of carboxylic acids is 1. The van der Waals surface area contributed by atoms with Gasteiger partial charge in [-0.2, -0.15) is 0 Å². The minimum Gasteiger partial charge on any atom is -0.476 e. The van der Waals surface area contributed by atoms with Gasteiger partial charge < -0.3 is 9.67 Å². The van der Waals surface area contributed by atoms with Gasteiger partial charge in [-0.1, -0.05) is 0 Å². The van der Waals surface area contributed by atoms with E-state index in [0.717, 1.165) is 0 Å². The number of carboxylic acid groups (broad SMARTS) is 1. The van der Waals surface area contributed by atoms with Crippen molar-refractivity contribution in [3.05, 3.63) is 42.5 Å². The van der Waals surface area contributed by atoms with Crippen molar-refractivity contribution in [3.63, 3.8) is 0 Å². The zero-order valence-electron chi connectivity index (χ0n) is 9.02. The van der Waals surface area contributed by atoms with Crippen LogP contribution in [0.15, 0.2) is 41.7 Å². The molecule has 1 heterocycles. The fourth-order valence-corrected chi connectivity index (χ4v) is 1.90. The molecule has 0 radical (unpaired) electrons.